The molecule has 0 spiro atoms. The van der Waals surface area contributed by atoms with Crippen LogP contribution in [0, 0.1) is 5.92 Å². The fourth-order valence-corrected chi connectivity index (χ4v) is 2.72. The highest BCUT2D eigenvalue weighted by Crippen LogP contribution is 2.37. The first-order chi connectivity index (χ1) is 8.40. The summed E-state index contributed by atoms with van der Waals surface area (Å²) in [6, 6.07) is 3.14. The Bertz CT molecular complexity index is 535. The van der Waals surface area contributed by atoms with E-state index in [-0.39, 0.29) is 18.9 Å². The van der Waals surface area contributed by atoms with Gasteiger partial charge in [0.2, 0.25) is 5.91 Å². The Morgan fingerprint density at radius 3 is 2.61 bits per heavy atom. The lowest BCUT2D eigenvalue weighted by molar-refractivity contribution is -0.141. The number of aliphatic carboxylic acids is 1. The van der Waals surface area contributed by atoms with Gasteiger partial charge in [0.25, 0.3) is 0 Å². The van der Waals surface area contributed by atoms with Crippen molar-refractivity contribution < 1.29 is 14.7 Å². The van der Waals surface area contributed by atoms with Crippen molar-refractivity contribution in [1.82, 2.24) is 0 Å². The number of rotatable bonds is 2. The molecule has 0 saturated carbocycles. The van der Waals surface area contributed by atoms with Gasteiger partial charge in [0.15, 0.2) is 0 Å². The summed E-state index contributed by atoms with van der Waals surface area (Å²) in [5.41, 5.74) is 0.443. The number of benzene rings is 1. The van der Waals surface area contributed by atoms with Gasteiger partial charge in [-0.2, -0.15) is 0 Å². The monoisotopic (exact) mass is 351 g/mol. The third-order valence-electron chi connectivity index (χ3n) is 2.75. The highest BCUT2D eigenvalue weighted by atomic mass is 79.9. The van der Waals surface area contributed by atoms with E-state index >= 15 is 0 Å². The molecule has 1 aliphatic rings. The number of hydrogen-bond acceptors (Lipinski definition) is 2. The molecule has 1 aromatic rings. The van der Waals surface area contributed by atoms with E-state index in [0.717, 1.165) is 0 Å². The number of carbonyl (C=O) groups excluding carboxylic acids is 1. The first-order valence-electron chi connectivity index (χ1n) is 5.08. The Hall–Kier alpha value is -0.780. The lowest BCUT2D eigenvalue weighted by atomic mass is 10.1. The summed E-state index contributed by atoms with van der Waals surface area (Å²) in [5.74, 6) is -1.94. The number of carboxylic acids is 1. The smallest absolute Gasteiger partial charge is 0.308 e. The lowest BCUT2D eigenvalue weighted by Crippen LogP contribution is -2.26. The molecule has 2 rings (SSSR count). The van der Waals surface area contributed by atoms with Gasteiger partial charge in [-0.15, -0.1) is 0 Å². The molecule has 0 aliphatic carbocycles. The molecule has 7 heteroatoms. The highest BCUT2D eigenvalue weighted by molar-refractivity contribution is 9.10. The molecular weight excluding hydrogens is 345 g/mol. The topological polar surface area (TPSA) is 57.6 Å². The van der Waals surface area contributed by atoms with E-state index in [0.29, 0.717) is 20.2 Å². The van der Waals surface area contributed by atoms with E-state index < -0.39 is 11.9 Å². The first-order valence-corrected chi connectivity index (χ1v) is 6.62. The van der Waals surface area contributed by atoms with Gasteiger partial charge >= 0.3 is 5.97 Å². The third kappa shape index (κ3) is 2.48. The van der Waals surface area contributed by atoms with Gasteiger partial charge < -0.3 is 10.0 Å². The number of halogens is 3. The number of nitrogens with zero attached hydrogens (tertiary/aromatic N) is 1. The summed E-state index contributed by atoms with van der Waals surface area (Å²) in [6.45, 7) is 0.117. The molecule has 1 aliphatic heterocycles. The van der Waals surface area contributed by atoms with Crippen LogP contribution in [0.2, 0.25) is 10.0 Å². The van der Waals surface area contributed by atoms with Crippen molar-refractivity contribution >= 4 is 56.7 Å². The van der Waals surface area contributed by atoms with Crippen LogP contribution in [0.3, 0.4) is 0 Å². The van der Waals surface area contributed by atoms with E-state index in [1.54, 1.807) is 12.1 Å². The molecule has 0 radical (unpaired) electrons. The van der Waals surface area contributed by atoms with Crippen molar-refractivity contribution in [3.05, 3.63) is 26.7 Å². The Balaban J connectivity index is 2.35. The zero-order chi connectivity index (χ0) is 13.4. The minimum absolute atomic E-state index is 0.0145. The van der Waals surface area contributed by atoms with Crippen molar-refractivity contribution in [2.24, 2.45) is 5.92 Å². The summed E-state index contributed by atoms with van der Waals surface area (Å²) in [6.07, 6.45) is -0.0145. The van der Waals surface area contributed by atoms with Gasteiger partial charge in [-0.3, -0.25) is 9.59 Å². The van der Waals surface area contributed by atoms with Crippen LogP contribution in [0.25, 0.3) is 0 Å². The second-order valence-electron chi connectivity index (χ2n) is 3.96. The fraction of sp³-hybridized carbons (Fsp3) is 0.273. The molecule has 1 amide bonds. The highest BCUT2D eigenvalue weighted by Gasteiger charge is 2.36. The molecule has 96 valence electrons. The number of hydrogen-bond donors (Lipinski definition) is 1. The minimum atomic E-state index is -0.981. The van der Waals surface area contributed by atoms with Crippen molar-refractivity contribution in [2.45, 2.75) is 6.42 Å². The largest absolute Gasteiger partial charge is 0.481 e. The van der Waals surface area contributed by atoms with Gasteiger partial charge in [-0.25, -0.2) is 0 Å². The zero-order valence-corrected chi connectivity index (χ0v) is 12.1. The SMILES string of the molecule is O=C(O)C1CC(=O)N(c2cc(Cl)c(Br)cc2Cl)C1. The van der Waals surface area contributed by atoms with Gasteiger partial charge in [-0.05, 0) is 28.1 Å². The zero-order valence-electron chi connectivity index (χ0n) is 8.99. The second kappa shape index (κ2) is 5.07. The van der Waals surface area contributed by atoms with Crippen LogP contribution in [0.15, 0.2) is 16.6 Å². The number of carbonyl (C=O) groups is 2. The molecule has 1 N–H and O–H groups in total. The summed E-state index contributed by atoms with van der Waals surface area (Å²) in [4.78, 5) is 24.0. The summed E-state index contributed by atoms with van der Waals surface area (Å²) >= 11 is 15.2. The first kappa shape index (κ1) is 13.6. The molecule has 1 saturated heterocycles. The summed E-state index contributed by atoms with van der Waals surface area (Å²) < 4.78 is 0.624. The third-order valence-corrected chi connectivity index (χ3v) is 4.25. The maximum Gasteiger partial charge on any atom is 0.308 e. The number of anilines is 1. The molecule has 1 fully saturated rings. The normalized spacial score (nSPS) is 19.4. The predicted molar refractivity (Wildman–Crippen MR) is 72.3 cm³/mol. The Labute approximate surface area is 122 Å². The van der Waals surface area contributed by atoms with Crippen molar-refractivity contribution in [1.29, 1.82) is 0 Å². The quantitative estimate of drug-likeness (QED) is 0.831. The van der Waals surface area contributed by atoms with Gasteiger partial charge in [0, 0.05) is 17.4 Å². The Morgan fingerprint density at radius 1 is 1.39 bits per heavy atom. The van der Waals surface area contributed by atoms with E-state index in [2.05, 4.69) is 15.9 Å². The summed E-state index contributed by atoms with van der Waals surface area (Å²) in [5, 5.41) is 9.69. The second-order valence-corrected chi connectivity index (χ2v) is 5.63. The van der Waals surface area contributed by atoms with Crippen LogP contribution in [0.4, 0.5) is 5.69 Å². The minimum Gasteiger partial charge on any atom is -0.481 e. The molecule has 18 heavy (non-hydrogen) atoms. The Morgan fingerprint density at radius 2 is 2.06 bits per heavy atom. The van der Waals surface area contributed by atoms with Crippen LogP contribution >= 0.6 is 39.1 Å². The average molecular weight is 353 g/mol. The van der Waals surface area contributed by atoms with Crippen LogP contribution in [0.1, 0.15) is 6.42 Å². The molecule has 1 atom stereocenters. The molecule has 1 unspecified atom stereocenters. The van der Waals surface area contributed by atoms with Gasteiger partial charge in [0.1, 0.15) is 0 Å². The van der Waals surface area contributed by atoms with E-state index in [1.165, 1.54) is 4.90 Å². The van der Waals surface area contributed by atoms with Crippen molar-refractivity contribution in [3.63, 3.8) is 0 Å². The fourth-order valence-electron chi connectivity index (χ4n) is 1.82. The van der Waals surface area contributed by atoms with Crippen molar-refractivity contribution in [2.75, 3.05) is 11.4 Å². The molecule has 1 aromatic carbocycles. The molecule has 0 bridgehead atoms. The average Bonchev–Trinajstić information content (AvgIpc) is 2.66. The molecule has 1 heterocycles. The van der Waals surface area contributed by atoms with E-state index in [9.17, 15) is 9.59 Å². The van der Waals surface area contributed by atoms with Gasteiger partial charge in [-0.1, -0.05) is 23.2 Å². The number of carboxylic acid groups (broad SMARTS) is 1. The van der Waals surface area contributed by atoms with Gasteiger partial charge in [0.05, 0.1) is 21.7 Å². The lowest BCUT2D eigenvalue weighted by Gasteiger charge is -2.18. The van der Waals surface area contributed by atoms with Crippen LogP contribution in [-0.4, -0.2) is 23.5 Å². The number of amides is 1. The summed E-state index contributed by atoms with van der Waals surface area (Å²) in [7, 11) is 0. The van der Waals surface area contributed by atoms with E-state index in [4.69, 9.17) is 28.3 Å². The van der Waals surface area contributed by atoms with Crippen molar-refractivity contribution in [3.8, 4) is 0 Å². The van der Waals surface area contributed by atoms with Crippen LogP contribution < -0.4 is 4.90 Å². The van der Waals surface area contributed by atoms with Crippen LogP contribution in [0.5, 0.6) is 0 Å². The standard InChI is InChI=1S/C11H8BrCl2NO3/c12-6-2-8(14)9(3-7(6)13)15-4-5(11(17)18)1-10(15)16/h2-3,5H,1,4H2,(H,17,18). The molecule has 0 aromatic heterocycles. The van der Waals surface area contributed by atoms with E-state index in [1.807, 2.05) is 0 Å². The van der Waals surface area contributed by atoms with Crippen LogP contribution in [-0.2, 0) is 9.59 Å². The Kier molecular flexibility index (Phi) is 3.84. The molecular formula is C11H8BrCl2NO3. The maximum atomic E-state index is 11.8. The predicted octanol–water partition coefficient (Wildman–Crippen LogP) is 3.19. The maximum absolute atomic E-state index is 11.8. The molecule has 4 nitrogen and oxygen atoms in total.